The van der Waals surface area contributed by atoms with Gasteiger partial charge in [0.15, 0.2) is 11.5 Å². The van der Waals surface area contributed by atoms with Gasteiger partial charge in [-0.25, -0.2) is 0 Å². The summed E-state index contributed by atoms with van der Waals surface area (Å²) in [5, 5.41) is 11.8. The SMILES string of the molecule is COc1ccc(CNC(=O)CC#N)cc1OCc1ccccc1Cl. The zero-order valence-electron chi connectivity index (χ0n) is 13.2. The Balaban J connectivity index is 2.07. The fourth-order valence-corrected chi connectivity index (χ4v) is 2.24. The maximum absolute atomic E-state index is 11.4. The molecular formula is C18H17ClN2O3. The number of halogens is 1. The molecule has 0 unspecified atom stereocenters. The van der Waals surface area contributed by atoms with E-state index >= 15 is 0 Å². The number of carbonyl (C=O) groups excluding carboxylic acids is 1. The summed E-state index contributed by atoms with van der Waals surface area (Å²) < 4.78 is 11.1. The van der Waals surface area contributed by atoms with Crippen LogP contribution in [-0.4, -0.2) is 13.0 Å². The largest absolute Gasteiger partial charge is 0.493 e. The third-order valence-electron chi connectivity index (χ3n) is 3.30. The second-order valence-corrected chi connectivity index (χ2v) is 5.38. The fraction of sp³-hybridized carbons (Fsp3) is 0.222. The summed E-state index contributed by atoms with van der Waals surface area (Å²) in [5.74, 6) is 0.838. The van der Waals surface area contributed by atoms with Crippen molar-refractivity contribution in [3.63, 3.8) is 0 Å². The molecule has 1 N–H and O–H groups in total. The Kier molecular flexibility index (Phi) is 6.47. The van der Waals surface area contributed by atoms with Gasteiger partial charge in [0.05, 0.1) is 13.2 Å². The molecule has 1 amide bonds. The highest BCUT2D eigenvalue weighted by atomic mass is 35.5. The number of ether oxygens (including phenoxy) is 2. The van der Waals surface area contributed by atoms with Crippen molar-refractivity contribution < 1.29 is 14.3 Å². The Morgan fingerprint density at radius 3 is 2.75 bits per heavy atom. The van der Waals surface area contributed by atoms with Crippen LogP contribution in [0.3, 0.4) is 0 Å². The highest BCUT2D eigenvalue weighted by Gasteiger charge is 2.08. The van der Waals surface area contributed by atoms with Gasteiger partial charge in [0.25, 0.3) is 0 Å². The van der Waals surface area contributed by atoms with E-state index in [4.69, 9.17) is 26.3 Å². The van der Waals surface area contributed by atoms with Crippen LogP contribution in [0.25, 0.3) is 0 Å². The van der Waals surface area contributed by atoms with Gasteiger partial charge >= 0.3 is 0 Å². The van der Waals surface area contributed by atoms with Crippen LogP contribution in [0.4, 0.5) is 0 Å². The van der Waals surface area contributed by atoms with Crippen molar-refractivity contribution in [3.05, 3.63) is 58.6 Å². The summed E-state index contributed by atoms with van der Waals surface area (Å²) in [4.78, 5) is 11.4. The third kappa shape index (κ3) is 4.90. The monoisotopic (exact) mass is 344 g/mol. The molecule has 2 aromatic carbocycles. The number of hydrogen-bond donors (Lipinski definition) is 1. The van der Waals surface area contributed by atoms with Crippen molar-refractivity contribution in [2.24, 2.45) is 0 Å². The predicted molar refractivity (Wildman–Crippen MR) is 90.9 cm³/mol. The summed E-state index contributed by atoms with van der Waals surface area (Å²) in [6.07, 6.45) is -0.161. The van der Waals surface area contributed by atoms with Crippen molar-refractivity contribution >= 4 is 17.5 Å². The lowest BCUT2D eigenvalue weighted by molar-refractivity contribution is -0.120. The Bertz CT molecular complexity index is 756. The first-order valence-electron chi connectivity index (χ1n) is 7.31. The maximum Gasteiger partial charge on any atom is 0.234 e. The summed E-state index contributed by atoms with van der Waals surface area (Å²) in [7, 11) is 1.56. The molecule has 0 heterocycles. The molecule has 0 spiro atoms. The summed E-state index contributed by atoms with van der Waals surface area (Å²) in [6.45, 7) is 0.618. The fourth-order valence-electron chi connectivity index (χ4n) is 2.05. The lowest BCUT2D eigenvalue weighted by Crippen LogP contribution is -2.21. The maximum atomic E-state index is 11.4. The minimum Gasteiger partial charge on any atom is -0.493 e. The third-order valence-corrected chi connectivity index (χ3v) is 3.67. The highest BCUT2D eigenvalue weighted by Crippen LogP contribution is 2.29. The molecular weight excluding hydrogens is 328 g/mol. The molecule has 0 fully saturated rings. The predicted octanol–water partition coefficient (Wildman–Crippen LogP) is 3.46. The summed E-state index contributed by atoms with van der Waals surface area (Å²) in [6, 6.07) is 14.6. The van der Waals surface area contributed by atoms with Crippen molar-refractivity contribution in [3.8, 4) is 17.6 Å². The first kappa shape index (κ1) is 17.6. The second-order valence-electron chi connectivity index (χ2n) is 4.98. The Morgan fingerprint density at radius 1 is 1.25 bits per heavy atom. The van der Waals surface area contributed by atoms with Gasteiger partial charge in [-0.2, -0.15) is 5.26 Å². The number of hydrogen-bond acceptors (Lipinski definition) is 4. The summed E-state index contributed by atoms with van der Waals surface area (Å²) in [5.41, 5.74) is 1.71. The summed E-state index contributed by atoms with van der Waals surface area (Å²) >= 11 is 6.12. The number of nitriles is 1. The Labute approximate surface area is 145 Å². The number of nitrogens with zero attached hydrogens (tertiary/aromatic N) is 1. The van der Waals surface area contributed by atoms with Crippen LogP contribution >= 0.6 is 11.6 Å². The second kappa shape index (κ2) is 8.80. The van der Waals surface area contributed by atoms with Crippen LogP contribution in [0.1, 0.15) is 17.5 Å². The molecule has 124 valence electrons. The smallest absolute Gasteiger partial charge is 0.234 e. The minimum absolute atomic E-state index is 0.161. The van der Waals surface area contributed by atoms with Crippen molar-refractivity contribution in [2.75, 3.05) is 7.11 Å². The number of benzene rings is 2. The molecule has 2 aromatic rings. The number of rotatable bonds is 7. The van der Waals surface area contributed by atoms with Gasteiger partial charge in [-0.15, -0.1) is 0 Å². The molecule has 0 aromatic heterocycles. The van der Waals surface area contributed by atoms with Gasteiger partial charge < -0.3 is 14.8 Å². The van der Waals surface area contributed by atoms with Crippen LogP contribution in [0.2, 0.25) is 5.02 Å². The molecule has 0 atom stereocenters. The van der Waals surface area contributed by atoms with E-state index < -0.39 is 0 Å². The molecule has 0 radical (unpaired) electrons. The van der Waals surface area contributed by atoms with Crippen LogP contribution in [0, 0.1) is 11.3 Å². The van der Waals surface area contributed by atoms with E-state index in [-0.39, 0.29) is 12.3 Å². The van der Waals surface area contributed by atoms with Gasteiger partial charge in [0, 0.05) is 17.1 Å². The van der Waals surface area contributed by atoms with Gasteiger partial charge in [0.1, 0.15) is 13.0 Å². The Hall–Kier alpha value is -2.71. The van der Waals surface area contributed by atoms with Crippen LogP contribution in [-0.2, 0) is 17.9 Å². The number of methoxy groups -OCH3 is 1. The van der Waals surface area contributed by atoms with E-state index in [1.165, 1.54) is 0 Å². The first-order chi connectivity index (χ1) is 11.6. The highest BCUT2D eigenvalue weighted by molar-refractivity contribution is 6.31. The van der Waals surface area contributed by atoms with E-state index in [2.05, 4.69) is 5.32 Å². The molecule has 5 nitrogen and oxygen atoms in total. The van der Waals surface area contributed by atoms with Gasteiger partial charge in [-0.3, -0.25) is 4.79 Å². The molecule has 0 aliphatic rings. The average molecular weight is 345 g/mol. The van der Waals surface area contributed by atoms with Crippen molar-refractivity contribution in [1.82, 2.24) is 5.32 Å². The topological polar surface area (TPSA) is 71.3 Å². The molecule has 24 heavy (non-hydrogen) atoms. The van der Waals surface area contributed by atoms with E-state index in [0.29, 0.717) is 29.7 Å². The van der Waals surface area contributed by atoms with Crippen LogP contribution in [0.5, 0.6) is 11.5 Å². The minimum atomic E-state index is -0.313. The van der Waals surface area contributed by atoms with Gasteiger partial charge in [-0.1, -0.05) is 35.9 Å². The number of amides is 1. The zero-order chi connectivity index (χ0) is 17.4. The molecule has 0 aliphatic carbocycles. The van der Waals surface area contributed by atoms with Crippen molar-refractivity contribution in [1.29, 1.82) is 5.26 Å². The number of nitrogens with one attached hydrogen (secondary N) is 1. The van der Waals surface area contributed by atoms with E-state index in [0.717, 1.165) is 11.1 Å². The molecule has 0 saturated heterocycles. The molecule has 0 saturated carbocycles. The van der Waals surface area contributed by atoms with Gasteiger partial charge in [0.2, 0.25) is 5.91 Å². The molecule has 0 bridgehead atoms. The molecule has 0 aliphatic heterocycles. The number of carbonyl (C=O) groups is 1. The normalized spacial score (nSPS) is 9.88. The lowest BCUT2D eigenvalue weighted by atomic mass is 10.2. The first-order valence-corrected chi connectivity index (χ1v) is 7.68. The van der Waals surface area contributed by atoms with Gasteiger partial charge in [-0.05, 0) is 23.8 Å². The van der Waals surface area contributed by atoms with E-state index in [9.17, 15) is 4.79 Å². The lowest BCUT2D eigenvalue weighted by Gasteiger charge is -2.13. The van der Waals surface area contributed by atoms with E-state index in [1.807, 2.05) is 30.3 Å². The standard InChI is InChI=1S/C18H17ClN2O3/c1-23-16-7-6-13(11-21-18(22)8-9-20)10-17(16)24-12-14-4-2-3-5-15(14)19/h2-7,10H,8,11-12H2,1H3,(H,21,22). The molecule has 2 rings (SSSR count). The van der Waals surface area contributed by atoms with E-state index in [1.54, 1.807) is 25.3 Å². The molecule has 6 heteroatoms. The van der Waals surface area contributed by atoms with Crippen LogP contribution in [0.15, 0.2) is 42.5 Å². The van der Waals surface area contributed by atoms with Crippen LogP contribution < -0.4 is 14.8 Å². The quantitative estimate of drug-likeness (QED) is 0.835. The average Bonchev–Trinajstić information content (AvgIpc) is 2.59. The van der Waals surface area contributed by atoms with Crippen molar-refractivity contribution in [2.45, 2.75) is 19.6 Å². The zero-order valence-corrected chi connectivity index (χ0v) is 14.0. The Morgan fingerprint density at radius 2 is 2.04 bits per heavy atom.